The Bertz CT molecular complexity index is 1040. The third-order valence-corrected chi connectivity index (χ3v) is 4.69. The highest BCUT2D eigenvalue weighted by Crippen LogP contribution is 2.26. The van der Waals surface area contributed by atoms with E-state index in [-0.39, 0.29) is 5.56 Å². The maximum absolute atomic E-state index is 12.2. The molecule has 3 aromatic heterocycles. The number of fused-ring (bicyclic) bond motifs is 1. The van der Waals surface area contributed by atoms with Gasteiger partial charge in [0.05, 0.1) is 16.3 Å². The van der Waals surface area contributed by atoms with Crippen molar-refractivity contribution in [1.82, 2.24) is 14.4 Å². The third kappa shape index (κ3) is 3.28. The number of thioether (sulfide) groups is 1. The van der Waals surface area contributed by atoms with Crippen LogP contribution in [0, 0.1) is 25.2 Å². The predicted octanol–water partition coefficient (Wildman–Crippen LogP) is 3.52. The van der Waals surface area contributed by atoms with E-state index in [1.807, 2.05) is 19.9 Å². The fraction of sp³-hybridized carbons (Fsp3) is 0.176. The summed E-state index contributed by atoms with van der Waals surface area (Å²) in [5.74, 6) is 0.457. The number of nitrogens with zero attached hydrogens (tertiary/aromatic N) is 4. The van der Waals surface area contributed by atoms with Crippen LogP contribution in [0.15, 0.2) is 40.3 Å². The van der Waals surface area contributed by atoms with Gasteiger partial charge >= 0.3 is 0 Å². The van der Waals surface area contributed by atoms with E-state index in [0.29, 0.717) is 32.7 Å². The van der Waals surface area contributed by atoms with Gasteiger partial charge in [0.25, 0.3) is 5.56 Å². The van der Waals surface area contributed by atoms with Crippen molar-refractivity contribution in [2.45, 2.75) is 24.6 Å². The fourth-order valence-corrected chi connectivity index (χ4v) is 3.54. The second-order valence-corrected chi connectivity index (χ2v) is 6.72. The van der Waals surface area contributed by atoms with Crippen LogP contribution in [0.25, 0.3) is 5.65 Å². The van der Waals surface area contributed by atoms with E-state index >= 15 is 0 Å². The molecule has 0 atom stereocenters. The van der Waals surface area contributed by atoms with Crippen LogP contribution in [0.2, 0.25) is 5.02 Å². The van der Waals surface area contributed by atoms with Crippen molar-refractivity contribution in [3.63, 3.8) is 0 Å². The molecule has 0 bridgehead atoms. The van der Waals surface area contributed by atoms with Gasteiger partial charge in [0, 0.05) is 23.7 Å². The van der Waals surface area contributed by atoms with Crippen molar-refractivity contribution in [2.75, 3.05) is 0 Å². The molecule has 3 aromatic rings. The number of aromatic nitrogens is 3. The van der Waals surface area contributed by atoms with Crippen LogP contribution in [0.3, 0.4) is 0 Å². The summed E-state index contributed by atoms with van der Waals surface area (Å²) in [5, 5.41) is 10.5. The van der Waals surface area contributed by atoms with Crippen LogP contribution in [-0.2, 0) is 5.75 Å². The topological polar surface area (TPSA) is 71.0 Å². The number of hydrogen-bond acceptors (Lipinski definition) is 5. The molecule has 0 aliphatic rings. The molecule has 0 aliphatic carbocycles. The highest BCUT2D eigenvalue weighted by molar-refractivity contribution is 7.98. The molecule has 3 rings (SSSR count). The van der Waals surface area contributed by atoms with Crippen molar-refractivity contribution in [3.05, 3.63) is 68.4 Å². The molecule has 5 nitrogen and oxygen atoms in total. The first kappa shape index (κ1) is 16.5. The third-order valence-electron chi connectivity index (χ3n) is 3.46. The van der Waals surface area contributed by atoms with Gasteiger partial charge in [-0.05, 0) is 37.6 Å². The minimum absolute atomic E-state index is 0.188. The van der Waals surface area contributed by atoms with E-state index in [1.54, 1.807) is 18.3 Å². The predicted molar refractivity (Wildman–Crippen MR) is 94.5 cm³/mol. The van der Waals surface area contributed by atoms with Gasteiger partial charge in [0.15, 0.2) is 0 Å². The summed E-state index contributed by atoms with van der Waals surface area (Å²) in [7, 11) is 0. The van der Waals surface area contributed by atoms with E-state index in [4.69, 9.17) is 11.6 Å². The summed E-state index contributed by atoms with van der Waals surface area (Å²) >= 11 is 7.31. The number of nitriles is 1. The lowest BCUT2D eigenvalue weighted by atomic mass is 10.1. The number of rotatable bonds is 3. The lowest BCUT2D eigenvalue weighted by molar-refractivity contribution is 1.00. The quantitative estimate of drug-likeness (QED) is 0.671. The summed E-state index contributed by atoms with van der Waals surface area (Å²) in [6.45, 7) is 3.78. The van der Waals surface area contributed by atoms with Gasteiger partial charge in [0.2, 0.25) is 0 Å². The van der Waals surface area contributed by atoms with Crippen LogP contribution < -0.4 is 5.56 Å². The molecule has 3 heterocycles. The van der Waals surface area contributed by atoms with Gasteiger partial charge in [-0.2, -0.15) is 5.26 Å². The van der Waals surface area contributed by atoms with Crippen LogP contribution in [0.5, 0.6) is 0 Å². The Kier molecular flexibility index (Phi) is 4.56. The Hall–Kier alpha value is -2.36. The first-order chi connectivity index (χ1) is 11.5. The minimum Gasteiger partial charge on any atom is -0.269 e. The Balaban J connectivity index is 1.93. The van der Waals surface area contributed by atoms with Crippen molar-refractivity contribution >= 4 is 29.0 Å². The van der Waals surface area contributed by atoms with E-state index in [1.165, 1.54) is 22.2 Å². The van der Waals surface area contributed by atoms with Gasteiger partial charge in [-0.1, -0.05) is 23.4 Å². The molecule has 7 heteroatoms. The summed E-state index contributed by atoms with van der Waals surface area (Å²) in [5.41, 5.74) is 3.30. The molecule has 0 amide bonds. The molecule has 0 saturated carbocycles. The molecule has 0 N–H and O–H groups in total. The van der Waals surface area contributed by atoms with Crippen molar-refractivity contribution in [1.29, 1.82) is 5.26 Å². The molecule has 0 aromatic carbocycles. The molecule has 120 valence electrons. The van der Waals surface area contributed by atoms with E-state index < -0.39 is 0 Å². The SMILES string of the molecule is Cc1cc(C)c(C#N)c(SCc2cc(=O)n3cc(Cl)ccc3n2)n1. The van der Waals surface area contributed by atoms with E-state index in [9.17, 15) is 10.1 Å². The summed E-state index contributed by atoms with van der Waals surface area (Å²) < 4.78 is 1.41. The zero-order valence-corrected chi connectivity index (χ0v) is 14.6. The summed E-state index contributed by atoms with van der Waals surface area (Å²) in [4.78, 5) is 21.1. The minimum atomic E-state index is -0.188. The van der Waals surface area contributed by atoms with Crippen molar-refractivity contribution in [2.24, 2.45) is 0 Å². The number of aryl methyl sites for hydroxylation is 2. The smallest absolute Gasteiger partial charge is 0.258 e. The molecule has 0 radical (unpaired) electrons. The standard InChI is InChI=1S/C17H13ClN4OS/c1-10-5-11(2)20-17(14(10)7-19)24-9-13-6-16(23)22-8-12(18)3-4-15(22)21-13/h3-6,8H,9H2,1-2H3. The maximum atomic E-state index is 12.2. The lowest BCUT2D eigenvalue weighted by Crippen LogP contribution is -2.15. The summed E-state index contributed by atoms with van der Waals surface area (Å²) in [6.07, 6.45) is 1.54. The van der Waals surface area contributed by atoms with Crippen LogP contribution in [0.4, 0.5) is 0 Å². The highest BCUT2D eigenvalue weighted by Gasteiger charge is 2.11. The zero-order valence-electron chi connectivity index (χ0n) is 13.1. The molecular formula is C17H13ClN4OS. The van der Waals surface area contributed by atoms with Gasteiger partial charge in [-0.3, -0.25) is 9.20 Å². The largest absolute Gasteiger partial charge is 0.269 e. The van der Waals surface area contributed by atoms with Crippen molar-refractivity contribution in [3.8, 4) is 6.07 Å². The second kappa shape index (κ2) is 6.63. The molecule has 0 aliphatic heterocycles. The van der Waals surface area contributed by atoms with Gasteiger partial charge in [-0.25, -0.2) is 9.97 Å². The van der Waals surface area contributed by atoms with E-state index in [0.717, 1.165) is 11.3 Å². The monoisotopic (exact) mass is 356 g/mol. The van der Waals surface area contributed by atoms with Gasteiger partial charge in [0.1, 0.15) is 16.7 Å². The molecule has 0 saturated heterocycles. The number of halogens is 1. The Morgan fingerprint density at radius 2 is 2.08 bits per heavy atom. The van der Waals surface area contributed by atoms with E-state index in [2.05, 4.69) is 16.0 Å². The van der Waals surface area contributed by atoms with Crippen LogP contribution >= 0.6 is 23.4 Å². The number of hydrogen-bond donors (Lipinski definition) is 0. The molecule has 0 spiro atoms. The normalized spacial score (nSPS) is 10.8. The second-order valence-electron chi connectivity index (χ2n) is 5.32. The highest BCUT2D eigenvalue weighted by atomic mass is 35.5. The fourth-order valence-electron chi connectivity index (χ4n) is 2.39. The Morgan fingerprint density at radius 3 is 2.83 bits per heavy atom. The molecule has 24 heavy (non-hydrogen) atoms. The molecule has 0 fully saturated rings. The van der Waals surface area contributed by atoms with Crippen LogP contribution in [-0.4, -0.2) is 14.4 Å². The van der Waals surface area contributed by atoms with Gasteiger partial charge < -0.3 is 0 Å². The average molecular weight is 357 g/mol. The number of pyridine rings is 2. The Morgan fingerprint density at radius 1 is 1.29 bits per heavy atom. The summed E-state index contributed by atoms with van der Waals surface area (Å²) in [6, 6.07) is 8.95. The molecular weight excluding hydrogens is 344 g/mol. The Labute approximate surface area is 147 Å². The first-order valence-electron chi connectivity index (χ1n) is 7.17. The van der Waals surface area contributed by atoms with Crippen LogP contribution in [0.1, 0.15) is 22.5 Å². The maximum Gasteiger partial charge on any atom is 0.258 e. The first-order valence-corrected chi connectivity index (χ1v) is 8.53. The van der Waals surface area contributed by atoms with Crippen molar-refractivity contribution < 1.29 is 0 Å². The van der Waals surface area contributed by atoms with Gasteiger partial charge in [-0.15, -0.1) is 0 Å². The molecule has 0 unspecified atom stereocenters. The zero-order chi connectivity index (χ0) is 17.3. The lowest BCUT2D eigenvalue weighted by Gasteiger charge is -2.08. The average Bonchev–Trinajstić information content (AvgIpc) is 2.53.